The Labute approximate surface area is 73.1 Å². The third kappa shape index (κ3) is 2.46. The average Bonchev–Trinajstić information content (AvgIpc) is 1.97. The van der Waals surface area contributed by atoms with Crippen LogP contribution in [-0.2, 0) is 4.79 Å². The molecule has 0 aliphatic heterocycles. The number of rotatable bonds is 4. The second kappa shape index (κ2) is 4.42. The first-order valence-corrected chi connectivity index (χ1v) is 4.43. The summed E-state index contributed by atoms with van der Waals surface area (Å²) in [6.07, 6.45) is 4.39. The van der Waals surface area contributed by atoms with Gasteiger partial charge in [0, 0.05) is 19.0 Å². The normalized spacial score (nSPS) is 17.6. The highest BCUT2D eigenvalue weighted by Gasteiger charge is 2.21. The van der Waals surface area contributed by atoms with Crippen molar-refractivity contribution in [3.05, 3.63) is 0 Å². The van der Waals surface area contributed by atoms with E-state index in [1.807, 2.05) is 0 Å². The molecule has 4 nitrogen and oxygen atoms in total. The first kappa shape index (κ1) is 9.48. The summed E-state index contributed by atoms with van der Waals surface area (Å²) in [6.45, 7) is 0.813. The van der Waals surface area contributed by atoms with Crippen LogP contribution in [-0.4, -0.2) is 30.4 Å². The van der Waals surface area contributed by atoms with Crippen LogP contribution in [0.5, 0.6) is 0 Å². The van der Waals surface area contributed by atoms with Crippen molar-refractivity contribution in [1.29, 1.82) is 0 Å². The lowest BCUT2D eigenvalue weighted by molar-refractivity contribution is -0.121. The fourth-order valence-corrected chi connectivity index (χ4v) is 1.36. The number of nitrogens with two attached hydrogens (primary N) is 1. The van der Waals surface area contributed by atoms with Crippen LogP contribution in [0.25, 0.3) is 0 Å². The lowest BCUT2D eigenvalue weighted by atomic mass is 9.92. The first-order valence-electron chi connectivity index (χ1n) is 4.43. The number of hydrogen-bond donors (Lipinski definition) is 2. The van der Waals surface area contributed by atoms with Gasteiger partial charge in [-0.2, -0.15) is 0 Å². The number of nitrogens with one attached hydrogen (secondary N) is 1. The molecule has 0 atom stereocenters. The van der Waals surface area contributed by atoms with Crippen LogP contribution in [0, 0.1) is 0 Å². The van der Waals surface area contributed by atoms with Crippen molar-refractivity contribution in [2.75, 3.05) is 13.6 Å². The Balaban J connectivity index is 2.09. The Hall–Kier alpha value is -0.610. The molecule has 0 radical (unpaired) electrons. The van der Waals surface area contributed by atoms with E-state index in [4.69, 9.17) is 5.84 Å². The molecular weight excluding hydrogens is 154 g/mol. The zero-order chi connectivity index (χ0) is 8.97. The highest BCUT2D eigenvalue weighted by atomic mass is 16.2. The monoisotopic (exact) mass is 171 g/mol. The summed E-state index contributed by atoms with van der Waals surface area (Å²) in [4.78, 5) is 13.0. The fourth-order valence-electron chi connectivity index (χ4n) is 1.36. The largest absolute Gasteiger partial charge is 0.303 e. The van der Waals surface area contributed by atoms with Crippen LogP contribution >= 0.6 is 0 Å². The minimum atomic E-state index is -0.0822. The molecule has 1 aliphatic rings. The van der Waals surface area contributed by atoms with E-state index < -0.39 is 0 Å². The zero-order valence-corrected chi connectivity index (χ0v) is 7.55. The molecule has 1 fully saturated rings. The van der Waals surface area contributed by atoms with E-state index in [0.717, 1.165) is 6.54 Å². The third-order valence-corrected chi connectivity index (χ3v) is 2.55. The van der Waals surface area contributed by atoms with Crippen LogP contribution in [0.3, 0.4) is 0 Å². The summed E-state index contributed by atoms with van der Waals surface area (Å²) >= 11 is 0. The van der Waals surface area contributed by atoms with Gasteiger partial charge < -0.3 is 4.90 Å². The summed E-state index contributed by atoms with van der Waals surface area (Å²) in [6, 6.07) is 0.704. The molecule has 0 aromatic heterocycles. The predicted octanol–water partition coefficient (Wildman–Crippen LogP) is -0.149. The molecule has 1 saturated carbocycles. The van der Waals surface area contributed by atoms with Crippen LogP contribution in [0.2, 0.25) is 0 Å². The summed E-state index contributed by atoms with van der Waals surface area (Å²) in [7, 11) is 2.06. The maximum Gasteiger partial charge on any atom is 0.235 e. The molecule has 0 unspecified atom stereocenters. The van der Waals surface area contributed by atoms with Crippen LogP contribution in [0.15, 0.2) is 0 Å². The highest BCUT2D eigenvalue weighted by molar-refractivity contribution is 5.75. The molecule has 1 aliphatic carbocycles. The summed E-state index contributed by atoms with van der Waals surface area (Å²) in [5, 5.41) is 0. The number of amides is 1. The molecule has 1 amide bonds. The number of hydrogen-bond acceptors (Lipinski definition) is 3. The van der Waals surface area contributed by atoms with Gasteiger partial charge in [0.25, 0.3) is 0 Å². The quantitative estimate of drug-likeness (QED) is 0.351. The molecule has 0 aromatic carbocycles. The van der Waals surface area contributed by atoms with Gasteiger partial charge in [-0.1, -0.05) is 6.42 Å². The fraction of sp³-hybridized carbons (Fsp3) is 0.875. The Bertz CT molecular complexity index is 156. The first-order chi connectivity index (χ1) is 5.74. The van der Waals surface area contributed by atoms with Gasteiger partial charge in [-0.3, -0.25) is 10.2 Å². The molecule has 70 valence electrons. The smallest absolute Gasteiger partial charge is 0.235 e. The highest BCUT2D eigenvalue weighted by Crippen LogP contribution is 2.23. The van der Waals surface area contributed by atoms with E-state index in [0.29, 0.717) is 12.5 Å². The lowest BCUT2D eigenvalue weighted by Gasteiger charge is -2.34. The van der Waals surface area contributed by atoms with E-state index >= 15 is 0 Å². The molecule has 0 aromatic rings. The molecule has 0 bridgehead atoms. The van der Waals surface area contributed by atoms with Gasteiger partial charge in [-0.15, -0.1) is 0 Å². The molecule has 3 N–H and O–H groups in total. The SMILES string of the molecule is CN(CCC(=O)NN)C1CCC1. The van der Waals surface area contributed by atoms with Crippen LogP contribution in [0.4, 0.5) is 0 Å². The summed E-state index contributed by atoms with van der Waals surface area (Å²) in [5.41, 5.74) is 2.13. The zero-order valence-electron chi connectivity index (χ0n) is 7.55. The maximum atomic E-state index is 10.8. The second-order valence-corrected chi connectivity index (χ2v) is 3.38. The van der Waals surface area contributed by atoms with Crippen molar-refractivity contribution in [3.63, 3.8) is 0 Å². The Morgan fingerprint density at radius 1 is 1.67 bits per heavy atom. The minimum Gasteiger partial charge on any atom is -0.303 e. The molecule has 1 rings (SSSR count). The van der Waals surface area contributed by atoms with Gasteiger partial charge in [0.05, 0.1) is 0 Å². The molecule has 12 heavy (non-hydrogen) atoms. The van der Waals surface area contributed by atoms with E-state index in [1.54, 1.807) is 0 Å². The molecule has 0 saturated heterocycles. The Kier molecular flexibility index (Phi) is 3.49. The van der Waals surface area contributed by atoms with Gasteiger partial charge in [0.15, 0.2) is 0 Å². The van der Waals surface area contributed by atoms with Gasteiger partial charge in [0.1, 0.15) is 0 Å². The summed E-state index contributed by atoms with van der Waals surface area (Å²) in [5.74, 6) is 4.88. The van der Waals surface area contributed by atoms with E-state index in [2.05, 4.69) is 17.4 Å². The minimum absolute atomic E-state index is 0.0822. The van der Waals surface area contributed by atoms with Crippen molar-refractivity contribution in [1.82, 2.24) is 10.3 Å². The summed E-state index contributed by atoms with van der Waals surface area (Å²) < 4.78 is 0. The number of nitrogens with zero attached hydrogens (tertiary/aromatic N) is 1. The van der Waals surface area contributed by atoms with Crippen molar-refractivity contribution in [3.8, 4) is 0 Å². The van der Waals surface area contributed by atoms with E-state index in [9.17, 15) is 4.79 Å². The molecule has 4 heteroatoms. The van der Waals surface area contributed by atoms with E-state index in [-0.39, 0.29) is 5.91 Å². The maximum absolute atomic E-state index is 10.8. The Morgan fingerprint density at radius 2 is 2.33 bits per heavy atom. The number of hydrazine groups is 1. The third-order valence-electron chi connectivity index (χ3n) is 2.55. The van der Waals surface area contributed by atoms with Gasteiger partial charge in [-0.05, 0) is 19.9 Å². The van der Waals surface area contributed by atoms with Crippen molar-refractivity contribution < 1.29 is 4.79 Å². The standard InChI is InChI=1S/C8H17N3O/c1-11(7-3-2-4-7)6-5-8(12)10-9/h7H,2-6,9H2,1H3,(H,10,12). The van der Waals surface area contributed by atoms with Gasteiger partial charge in [-0.25, -0.2) is 5.84 Å². The van der Waals surface area contributed by atoms with Crippen LogP contribution < -0.4 is 11.3 Å². The molecule has 0 spiro atoms. The lowest BCUT2D eigenvalue weighted by Crippen LogP contribution is -2.40. The van der Waals surface area contributed by atoms with Gasteiger partial charge >= 0.3 is 0 Å². The van der Waals surface area contributed by atoms with Crippen LogP contribution in [0.1, 0.15) is 25.7 Å². The van der Waals surface area contributed by atoms with Gasteiger partial charge in [0.2, 0.25) is 5.91 Å². The second-order valence-electron chi connectivity index (χ2n) is 3.38. The Morgan fingerprint density at radius 3 is 2.75 bits per heavy atom. The number of carbonyl (C=O) groups excluding carboxylic acids is 1. The number of carbonyl (C=O) groups is 1. The average molecular weight is 171 g/mol. The predicted molar refractivity (Wildman–Crippen MR) is 47.2 cm³/mol. The molecule has 0 heterocycles. The van der Waals surface area contributed by atoms with E-state index in [1.165, 1.54) is 19.3 Å². The molecular formula is C8H17N3O. The van der Waals surface area contributed by atoms with Crippen molar-refractivity contribution in [2.24, 2.45) is 5.84 Å². The topological polar surface area (TPSA) is 58.4 Å². The van der Waals surface area contributed by atoms with Crippen molar-refractivity contribution in [2.45, 2.75) is 31.7 Å². The van der Waals surface area contributed by atoms with Crippen molar-refractivity contribution >= 4 is 5.91 Å².